The number of fused-ring (bicyclic) bond motifs is 1. The Balaban J connectivity index is 1.22. The van der Waals surface area contributed by atoms with E-state index in [1.807, 2.05) is 19.2 Å². The number of carbonyl (C=O) groups is 1. The first kappa shape index (κ1) is 22.7. The van der Waals surface area contributed by atoms with E-state index in [2.05, 4.69) is 15.1 Å². The van der Waals surface area contributed by atoms with Crippen molar-refractivity contribution in [3.63, 3.8) is 0 Å². The van der Waals surface area contributed by atoms with Crippen molar-refractivity contribution in [2.45, 2.75) is 58.4 Å². The van der Waals surface area contributed by atoms with E-state index in [0.29, 0.717) is 36.0 Å². The number of hydrogen-bond acceptors (Lipinski definition) is 6. The number of aryl methyl sites for hydroxylation is 2. The molecule has 1 saturated carbocycles. The first-order valence-corrected chi connectivity index (χ1v) is 11.9. The van der Waals surface area contributed by atoms with Crippen molar-refractivity contribution in [2.75, 3.05) is 13.7 Å². The summed E-state index contributed by atoms with van der Waals surface area (Å²) in [6, 6.07) is 3.23. The summed E-state index contributed by atoms with van der Waals surface area (Å²) < 4.78 is 21.4. The molecule has 8 nitrogen and oxygen atoms in total. The number of methoxy groups -OCH3 is 1. The molecule has 1 atom stereocenters. The van der Waals surface area contributed by atoms with E-state index in [-0.39, 0.29) is 23.7 Å². The Morgan fingerprint density at radius 1 is 1.21 bits per heavy atom. The number of hydrogen-bond donors (Lipinski definition) is 0. The van der Waals surface area contributed by atoms with Gasteiger partial charge in [-0.1, -0.05) is 0 Å². The van der Waals surface area contributed by atoms with E-state index in [1.165, 1.54) is 11.1 Å². The maximum absolute atomic E-state index is 14.0. The molecule has 4 heterocycles. The lowest BCUT2D eigenvalue weighted by Crippen LogP contribution is -2.36. The van der Waals surface area contributed by atoms with Gasteiger partial charge in [0.25, 0.3) is 0 Å². The van der Waals surface area contributed by atoms with E-state index in [9.17, 15) is 9.18 Å². The van der Waals surface area contributed by atoms with Gasteiger partial charge >= 0.3 is 0 Å². The van der Waals surface area contributed by atoms with Gasteiger partial charge in [-0.3, -0.25) is 14.6 Å². The second-order valence-corrected chi connectivity index (χ2v) is 9.40. The molecular formula is C25H30FN5O3. The Labute approximate surface area is 198 Å². The monoisotopic (exact) mass is 467 g/mol. The van der Waals surface area contributed by atoms with Crippen LogP contribution in [-0.2, 0) is 16.1 Å². The van der Waals surface area contributed by atoms with Crippen molar-refractivity contribution in [1.82, 2.24) is 24.6 Å². The third-order valence-corrected chi connectivity index (χ3v) is 7.06. The minimum atomic E-state index is -0.354. The summed E-state index contributed by atoms with van der Waals surface area (Å²) in [5, 5.41) is 5.91. The molecule has 1 aliphatic heterocycles. The van der Waals surface area contributed by atoms with Crippen LogP contribution >= 0.6 is 0 Å². The topological polar surface area (TPSA) is 81.8 Å². The molecule has 0 spiro atoms. The number of hydroxylamine groups is 2. The van der Waals surface area contributed by atoms with Crippen LogP contribution in [0.2, 0.25) is 0 Å². The number of ether oxygens (including phenoxy) is 1. The lowest BCUT2D eigenvalue weighted by atomic mass is 9.79. The predicted molar refractivity (Wildman–Crippen MR) is 123 cm³/mol. The normalized spacial score (nSPS) is 22.9. The second-order valence-electron chi connectivity index (χ2n) is 9.40. The summed E-state index contributed by atoms with van der Waals surface area (Å²) in [4.78, 5) is 27.5. The van der Waals surface area contributed by atoms with Crippen LogP contribution < -0.4 is 4.74 Å². The summed E-state index contributed by atoms with van der Waals surface area (Å²) in [6.07, 6.45) is 8.79. The first-order chi connectivity index (χ1) is 16.4. The highest BCUT2D eigenvalue weighted by molar-refractivity contribution is 5.78. The van der Waals surface area contributed by atoms with Crippen molar-refractivity contribution in [3.05, 3.63) is 53.0 Å². The molecule has 1 aliphatic carbocycles. The average molecular weight is 468 g/mol. The van der Waals surface area contributed by atoms with Crippen molar-refractivity contribution in [3.8, 4) is 5.75 Å². The third kappa shape index (κ3) is 4.36. The maximum Gasteiger partial charge on any atom is 0.249 e. The van der Waals surface area contributed by atoms with Crippen LogP contribution in [0.4, 0.5) is 4.39 Å². The Morgan fingerprint density at radius 2 is 2.00 bits per heavy atom. The van der Waals surface area contributed by atoms with Gasteiger partial charge in [0, 0.05) is 24.7 Å². The van der Waals surface area contributed by atoms with Crippen molar-refractivity contribution in [2.24, 2.45) is 11.8 Å². The van der Waals surface area contributed by atoms with Gasteiger partial charge in [-0.25, -0.2) is 19.0 Å². The molecule has 9 heteroatoms. The fourth-order valence-electron chi connectivity index (χ4n) is 5.20. The molecule has 1 saturated heterocycles. The first-order valence-electron chi connectivity index (χ1n) is 11.9. The predicted octanol–water partition coefficient (Wildman–Crippen LogP) is 4.14. The summed E-state index contributed by atoms with van der Waals surface area (Å²) in [6.45, 7) is 3.95. The smallest absolute Gasteiger partial charge is 0.249 e. The molecule has 0 unspecified atom stereocenters. The van der Waals surface area contributed by atoms with Crippen LogP contribution in [0.5, 0.6) is 5.75 Å². The molecule has 3 aromatic heterocycles. The number of halogens is 1. The van der Waals surface area contributed by atoms with E-state index in [4.69, 9.17) is 9.57 Å². The van der Waals surface area contributed by atoms with Gasteiger partial charge in [-0.15, -0.1) is 0 Å². The lowest BCUT2D eigenvalue weighted by Gasteiger charge is -2.32. The summed E-state index contributed by atoms with van der Waals surface area (Å²) in [5.41, 5.74) is 2.92. The highest BCUT2D eigenvalue weighted by Gasteiger charge is 2.37. The third-order valence-electron chi connectivity index (χ3n) is 7.06. The molecular weight excluding hydrogens is 437 g/mol. The van der Waals surface area contributed by atoms with Gasteiger partial charge in [0.05, 0.1) is 25.5 Å². The number of rotatable bonds is 5. The number of nitrogens with zero attached hydrogens (tertiary/aromatic N) is 5. The zero-order valence-electron chi connectivity index (χ0n) is 19.8. The molecule has 1 amide bonds. The fourth-order valence-corrected chi connectivity index (χ4v) is 5.20. The van der Waals surface area contributed by atoms with Crippen LogP contribution in [0, 0.1) is 31.5 Å². The summed E-state index contributed by atoms with van der Waals surface area (Å²) in [5.74, 6) is 1.50. The number of carbonyl (C=O) groups excluding carboxylic acids is 1. The number of pyridine rings is 2. The van der Waals surface area contributed by atoms with Crippen LogP contribution in [0.25, 0.3) is 5.65 Å². The zero-order valence-corrected chi connectivity index (χ0v) is 19.8. The maximum atomic E-state index is 14.0. The molecule has 2 aliphatic rings. The molecule has 2 fully saturated rings. The van der Waals surface area contributed by atoms with Crippen LogP contribution in [-0.4, -0.2) is 44.3 Å². The molecule has 180 valence electrons. The van der Waals surface area contributed by atoms with Gasteiger partial charge in [0.2, 0.25) is 5.91 Å². The minimum Gasteiger partial charge on any atom is -0.493 e. The second kappa shape index (κ2) is 9.29. The van der Waals surface area contributed by atoms with Gasteiger partial charge in [-0.05, 0) is 75.1 Å². The van der Waals surface area contributed by atoms with Gasteiger partial charge in [-0.2, -0.15) is 5.10 Å². The summed E-state index contributed by atoms with van der Waals surface area (Å²) in [7, 11) is 1.65. The Hall–Kier alpha value is -3.07. The van der Waals surface area contributed by atoms with Crippen LogP contribution in [0.15, 0.2) is 24.5 Å². The quantitative estimate of drug-likeness (QED) is 0.561. The van der Waals surface area contributed by atoms with E-state index >= 15 is 0 Å². The zero-order chi connectivity index (χ0) is 23.8. The Bertz CT molecular complexity index is 1200. The summed E-state index contributed by atoms with van der Waals surface area (Å²) >= 11 is 0. The van der Waals surface area contributed by atoms with Crippen molar-refractivity contribution < 1.29 is 18.8 Å². The highest BCUT2D eigenvalue weighted by atomic mass is 19.1. The number of aromatic nitrogens is 4. The molecule has 34 heavy (non-hydrogen) atoms. The van der Waals surface area contributed by atoms with Gasteiger partial charge in [0.15, 0.2) is 11.4 Å². The largest absolute Gasteiger partial charge is 0.493 e. The van der Waals surface area contributed by atoms with Gasteiger partial charge < -0.3 is 4.74 Å². The average Bonchev–Trinajstić information content (AvgIpc) is 3.46. The van der Waals surface area contributed by atoms with Crippen LogP contribution in [0.3, 0.4) is 0 Å². The number of amides is 1. The molecule has 0 N–H and O–H groups in total. The molecule has 0 aromatic carbocycles. The molecule has 5 rings (SSSR count). The Morgan fingerprint density at radius 3 is 2.74 bits per heavy atom. The van der Waals surface area contributed by atoms with Gasteiger partial charge in [0.1, 0.15) is 11.6 Å². The Kier molecular flexibility index (Phi) is 6.20. The van der Waals surface area contributed by atoms with Crippen molar-refractivity contribution >= 4 is 11.6 Å². The molecule has 0 bridgehead atoms. The van der Waals surface area contributed by atoms with E-state index in [0.717, 1.165) is 49.1 Å². The minimum absolute atomic E-state index is 0.00288. The molecule has 3 aromatic rings. The lowest BCUT2D eigenvalue weighted by molar-refractivity contribution is -0.183. The van der Waals surface area contributed by atoms with Crippen molar-refractivity contribution in [1.29, 1.82) is 0 Å². The standard InChI is InChI=1S/C25H30FN5O3/c1-15-21(26)12-20(13-27-15)22-8-9-34-31(22)25(32)19-6-4-17(5-7-19)10-18-11-23(33-3)24-28-16(2)29-30(24)14-18/h11-14,17,19,22H,4-10H2,1-3H3/t17?,19?,22-/m0/s1. The van der Waals surface area contributed by atoms with E-state index < -0.39 is 0 Å². The van der Waals surface area contributed by atoms with Crippen LogP contribution in [0.1, 0.15) is 60.8 Å². The highest BCUT2D eigenvalue weighted by Crippen LogP contribution is 2.37. The van der Waals surface area contributed by atoms with E-state index in [1.54, 1.807) is 24.7 Å². The fraction of sp³-hybridized carbons (Fsp3) is 0.520. The molecule has 0 radical (unpaired) electrons. The SMILES string of the molecule is COc1cc(CC2CCC(C(=O)N3OCC[C@H]3c3cnc(C)c(F)c3)CC2)cn2nc(C)nc12.